The van der Waals surface area contributed by atoms with Crippen LogP contribution in [0.15, 0.2) is 29.3 Å². The molecular weight excluding hydrogens is 427 g/mol. The summed E-state index contributed by atoms with van der Waals surface area (Å²) in [5.74, 6) is 0.878. The number of nitrogens with zero attached hydrogens (tertiary/aromatic N) is 2. The van der Waals surface area contributed by atoms with Crippen molar-refractivity contribution in [2.75, 3.05) is 26.2 Å². The maximum Gasteiger partial charge on any atom is 0.191 e. The Hall–Kier alpha value is -0.860. The number of aliphatic imine (C=N–C) groups is 1. The van der Waals surface area contributed by atoms with Gasteiger partial charge >= 0.3 is 0 Å². The summed E-state index contributed by atoms with van der Waals surface area (Å²) >= 11 is 0. The highest BCUT2D eigenvalue weighted by molar-refractivity contribution is 14.0. The number of benzene rings is 1. The maximum absolute atomic E-state index is 5.84. The van der Waals surface area contributed by atoms with Gasteiger partial charge in [-0.3, -0.25) is 4.90 Å². The SMILES string of the molecule is CCNC(=NCc1ccccc1CN1CC(C)OC(C)C1)NCC.I. The topological polar surface area (TPSA) is 48.9 Å². The summed E-state index contributed by atoms with van der Waals surface area (Å²) in [4.78, 5) is 7.19. The summed E-state index contributed by atoms with van der Waals surface area (Å²) in [6.45, 7) is 13.8. The van der Waals surface area contributed by atoms with Gasteiger partial charge in [0, 0.05) is 32.7 Å². The third-order valence-electron chi connectivity index (χ3n) is 4.10. The van der Waals surface area contributed by atoms with Crippen molar-refractivity contribution in [1.29, 1.82) is 0 Å². The first-order valence-electron chi connectivity index (χ1n) is 9.09. The minimum Gasteiger partial charge on any atom is -0.373 e. The van der Waals surface area contributed by atoms with Gasteiger partial charge in [0.2, 0.25) is 0 Å². The molecule has 1 saturated heterocycles. The zero-order chi connectivity index (χ0) is 17.4. The Balaban J connectivity index is 0.00000312. The molecule has 142 valence electrons. The number of hydrogen-bond acceptors (Lipinski definition) is 3. The van der Waals surface area contributed by atoms with Crippen molar-refractivity contribution in [1.82, 2.24) is 15.5 Å². The monoisotopic (exact) mass is 460 g/mol. The van der Waals surface area contributed by atoms with Crippen molar-refractivity contribution in [2.24, 2.45) is 4.99 Å². The van der Waals surface area contributed by atoms with Gasteiger partial charge < -0.3 is 15.4 Å². The van der Waals surface area contributed by atoms with Crippen molar-refractivity contribution in [3.05, 3.63) is 35.4 Å². The molecule has 1 aromatic carbocycles. The quantitative estimate of drug-likeness (QED) is 0.390. The fourth-order valence-electron chi connectivity index (χ4n) is 3.19. The van der Waals surface area contributed by atoms with Crippen LogP contribution in [-0.4, -0.2) is 49.2 Å². The second-order valence-corrected chi connectivity index (χ2v) is 6.45. The molecule has 1 aliphatic rings. The molecule has 0 bridgehead atoms. The molecule has 6 heteroatoms. The predicted octanol–water partition coefficient (Wildman–Crippen LogP) is 2.99. The molecule has 2 atom stereocenters. The van der Waals surface area contributed by atoms with E-state index in [1.807, 2.05) is 0 Å². The van der Waals surface area contributed by atoms with Gasteiger partial charge in [-0.1, -0.05) is 24.3 Å². The normalized spacial score (nSPS) is 20.5. The largest absolute Gasteiger partial charge is 0.373 e. The molecule has 25 heavy (non-hydrogen) atoms. The van der Waals surface area contributed by atoms with Gasteiger partial charge in [-0.15, -0.1) is 24.0 Å². The van der Waals surface area contributed by atoms with Gasteiger partial charge in [0.15, 0.2) is 5.96 Å². The Kier molecular flexibility index (Phi) is 10.4. The minimum atomic E-state index is 0. The highest BCUT2D eigenvalue weighted by Crippen LogP contribution is 2.17. The number of morpholine rings is 1. The fraction of sp³-hybridized carbons (Fsp3) is 0.632. The molecule has 0 amide bonds. The van der Waals surface area contributed by atoms with E-state index in [1.54, 1.807) is 0 Å². The third-order valence-corrected chi connectivity index (χ3v) is 4.10. The molecule has 0 saturated carbocycles. The minimum absolute atomic E-state index is 0. The van der Waals surface area contributed by atoms with Crippen LogP contribution >= 0.6 is 24.0 Å². The van der Waals surface area contributed by atoms with Crippen LogP contribution in [0.3, 0.4) is 0 Å². The maximum atomic E-state index is 5.84. The number of rotatable bonds is 6. The number of nitrogens with one attached hydrogen (secondary N) is 2. The van der Waals surface area contributed by atoms with Crippen LogP contribution in [0.2, 0.25) is 0 Å². The van der Waals surface area contributed by atoms with Gasteiger partial charge in [0.05, 0.1) is 18.8 Å². The lowest BCUT2D eigenvalue weighted by Gasteiger charge is -2.35. The molecule has 2 N–H and O–H groups in total. The predicted molar refractivity (Wildman–Crippen MR) is 116 cm³/mol. The molecule has 0 spiro atoms. The van der Waals surface area contributed by atoms with Crippen LogP contribution in [0.1, 0.15) is 38.8 Å². The zero-order valence-corrected chi connectivity index (χ0v) is 18.2. The number of halogens is 1. The van der Waals surface area contributed by atoms with Crippen molar-refractivity contribution in [2.45, 2.75) is 53.0 Å². The molecule has 2 rings (SSSR count). The Morgan fingerprint density at radius 3 is 2.20 bits per heavy atom. The summed E-state index contributed by atoms with van der Waals surface area (Å²) < 4.78 is 5.84. The van der Waals surface area contributed by atoms with Gasteiger partial charge in [-0.05, 0) is 38.8 Å². The van der Waals surface area contributed by atoms with Crippen molar-refractivity contribution in [3.8, 4) is 0 Å². The first-order chi connectivity index (χ1) is 11.6. The lowest BCUT2D eigenvalue weighted by molar-refractivity contribution is -0.0705. The summed E-state index contributed by atoms with van der Waals surface area (Å²) in [6.07, 6.45) is 0.598. The molecular formula is C19H33IN4O. The molecule has 0 radical (unpaired) electrons. The average Bonchev–Trinajstić information content (AvgIpc) is 2.53. The van der Waals surface area contributed by atoms with Gasteiger partial charge in [-0.2, -0.15) is 0 Å². The fourth-order valence-corrected chi connectivity index (χ4v) is 3.19. The molecule has 1 aliphatic heterocycles. The van der Waals surface area contributed by atoms with E-state index in [-0.39, 0.29) is 24.0 Å². The van der Waals surface area contributed by atoms with Crippen molar-refractivity contribution < 1.29 is 4.74 Å². The molecule has 5 nitrogen and oxygen atoms in total. The first kappa shape index (κ1) is 22.2. The molecule has 0 aliphatic carbocycles. The van der Waals surface area contributed by atoms with Gasteiger partial charge in [0.1, 0.15) is 0 Å². The standard InChI is InChI=1S/C19H32N4O.HI/c1-5-20-19(21-6-2)22-11-17-9-7-8-10-18(17)14-23-12-15(3)24-16(4)13-23;/h7-10,15-16H,5-6,11-14H2,1-4H3,(H2,20,21,22);1H. The first-order valence-corrected chi connectivity index (χ1v) is 9.09. The lowest BCUT2D eigenvalue weighted by atomic mass is 10.1. The van der Waals surface area contributed by atoms with E-state index < -0.39 is 0 Å². The van der Waals surface area contributed by atoms with Crippen LogP contribution in [0.25, 0.3) is 0 Å². The van der Waals surface area contributed by atoms with E-state index in [4.69, 9.17) is 9.73 Å². The highest BCUT2D eigenvalue weighted by atomic mass is 127. The van der Waals surface area contributed by atoms with Crippen LogP contribution in [0.4, 0.5) is 0 Å². The number of hydrogen-bond donors (Lipinski definition) is 2. The van der Waals surface area contributed by atoms with Crippen molar-refractivity contribution in [3.63, 3.8) is 0 Å². The second kappa shape index (κ2) is 11.7. The summed E-state index contributed by atoms with van der Waals surface area (Å²) in [6, 6.07) is 8.61. The second-order valence-electron chi connectivity index (χ2n) is 6.45. The van der Waals surface area contributed by atoms with Gasteiger partial charge in [0.25, 0.3) is 0 Å². The van der Waals surface area contributed by atoms with Crippen LogP contribution < -0.4 is 10.6 Å². The summed E-state index contributed by atoms with van der Waals surface area (Å²) in [7, 11) is 0. The van der Waals surface area contributed by atoms with Gasteiger partial charge in [-0.25, -0.2) is 4.99 Å². The average molecular weight is 460 g/mol. The van der Waals surface area contributed by atoms with Crippen molar-refractivity contribution >= 4 is 29.9 Å². The Bertz CT molecular complexity index is 520. The number of ether oxygens (including phenoxy) is 1. The molecule has 1 aromatic rings. The Morgan fingerprint density at radius 2 is 1.64 bits per heavy atom. The summed E-state index contributed by atoms with van der Waals surface area (Å²) in [5, 5.41) is 6.56. The third kappa shape index (κ3) is 7.50. The molecule has 1 fully saturated rings. The smallest absolute Gasteiger partial charge is 0.191 e. The van der Waals surface area contributed by atoms with Crippen LogP contribution in [-0.2, 0) is 17.8 Å². The zero-order valence-electron chi connectivity index (χ0n) is 15.9. The molecule has 0 aromatic heterocycles. The van der Waals surface area contributed by atoms with E-state index in [1.165, 1.54) is 11.1 Å². The highest BCUT2D eigenvalue weighted by Gasteiger charge is 2.22. The van der Waals surface area contributed by atoms with E-state index >= 15 is 0 Å². The Labute approximate surface area is 169 Å². The Morgan fingerprint density at radius 1 is 1.08 bits per heavy atom. The molecule has 1 heterocycles. The van der Waals surface area contributed by atoms with E-state index in [9.17, 15) is 0 Å². The van der Waals surface area contributed by atoms with E-state index in [2.05, 4.69) is 67.5 Å². The number of guanidine groups is 1. The lowest BCUT2D eigenvalue weighted by Crippen LogP contribution is -2.44. The van der Waals surface area contributed by atoms with E-state index in [0.717, 1.165) is 38.7 Å². The van der Waals surface area contributed by atoms with Crippen LogP contribution in [0.5, 0.6) is 0 Å². The summed E-state index contributed by atoms with van der Waals surface area (Å²) in [5.41, 5.74) is 2.65. The van der Waals surface area contributed by atoms with Crippen LogP contribution in [0, 0.1) is 0 Å². The molecule has 2 unspecified atom stereocenters. The van der Waals surface area contributed by atoms with E-state index in [0.29, 0.717) is 18.8 Å².